The highest BCUT2D eigenvalue weighted by atomic mass is 32.2. The SMILES string of the molecule is COc1cccc(-c2noc(CSc3nc4c(-c5ccccc5)c[nH]c4c(=O)n3-c3ccc(F)cc3)n2)c1OC. The molecular formula is C29H22FN5O4S. The van der Waals surface area contributed by atoms with Crippen molar-refractivity contribution in [3.8, 4) is 39.7 Å². The molecule has 0 saturated carbocycles. The number of benzene rings is 3. The third-order valence-corrected chi connectivity index (χ3v) is 7.20. The van der Waals surface area contributed by atoms with E-state index in [1.807, 2.05) is 42.5 Å². The Kier molecular flexibility index (Phi) is 6.79. The van der Waals surface area contributed by atoms with Crippen LogP contribution in [-0.2, 0) is 5.75 Å². The van der Waals surface area contributed by atoms with Gasteiger partial charge in [-0.1, -0.05) is 53.3 Å². The first-order valence-corrected chi connectivity index (χ1v) is 13.2. The maximum Gasteiger partial charge on any atom is 0.283 e. The number of aromatic amines is 1. The van der Waals surface area contributed by atoms with Gasteiger partial charge in [-0.3, -0.25) is 9.36 Å². The minimum Gasteiger partial charge on any atom is -0.493 e. The van der Waals surface area contributed by atoms with Gasteiger partial charge in [0.25, 0.3) is 5.56 Å². The quantitative estimate of drug-likeness (QED) is 0.183. The summed E-state index contributed by atoms with van der Waals surface area (Å²) in [6, 6.07) is 20.8. The Morgan fingerprint density at radius 1 is 0.950 bits per heavy atom. The van der Waals surface area contributed by atoms with Crippen LogP contribution in [-0.4, -0.2) is 38.9 Å². The van der Waals surface area contributed by atoms with Gasteiger partial charge in [0.2, 0.25) is 11.7 Å². The van der Waals surface area contributed by atoms with Crippen LogP contribution in [0.25, 0.3) is 39.2 Å². The molecule has 0 spiro atoms. The standard InChI is InChI=1S/C29H22FN5O4S/c1-37-22-10-6-9-20(26(22)38-2)27-32-23(39-34-27)16-40-29-33-24-21(17-7-4-3-5-8-17)15-31-25(24)28(36)35(29)19-13-11-18(30)12-14-19/h3-15,31H,16H2,1-2H3. The molecule has 3 heterocycles. The number of thioether (sulfide) groups is 1. The zero-order valence-corrected chi connectivity index (χ0v) is 22.2. The van der Waals surface area contributed by atoms with E-state index in [1.54, 1.807) is 26.5 Å². The summed E-state index contributed by atoms with van der Waals surface area (Å²) in [7, 11) is 3.09. The van der Waals surface area contributed by atoms with E-state index in [0.29, 0.717) is 50.7 Å². The number of fused-ring (bicyclic) bond motifs is 1. The molecule has 0 atom stereocenters. The topological polar surface area (TPSA) is 108 Å². The summed E-state index contributed by atoms with van der Waals surface area (Å²) in [5, 5.41) is 4.50. The fourth-order valence-electron chi connectivity index (χ4n) is 4.40. The van der Waals surface area contributed by atoms with Crippen molar-refractivity contribution in [3.05, 3.63) is 101 Å². The normalized spacial score (nSPS) is 11.2. The predicted molar refractivity (Wildman–Crippen MR) is 149 cm³/mol. The Morgan fingerprint density at radius 3 is 2.50 bits per heavy atom. The van der Waals surface area contributed by atoms with E-state index in [2.05, 4.69) is 15.1 Å². The smallest absolute Gasteiger partial charge is 0.283 e. The van der Waals surface area contributed by atoms with Crippen LogP contribution in [0.5, 0.6) is 11.5 Å². The molecule has 0 aliphatic carbocycles. The van der Waals surface area contributed by atoms with E-state index in [4.69, 9.17) is 19.0 Å². The Balaban J connectivity index is 1.40. The van der Waals surface area contributed by atoms with Gasteiger partial charge in [-0.2, -0.15) is 4.98 Å². The molecule has 0 bridgehead atoms. The second-order valence-electron chi connectivity index (χ2n) is 8.64. The molecule has 3 aromatic heterocycles. The number of para-hydroxylation sites is 1. The molecule has 0 aliphatic rings. The van der Waals surface area contributed by atoms with Crippen LogP contribution in [0.1, 0.15) is 5.89 Å². The summed E-state index contributed by atoms with van der Waals surface area (Å²) in [4.78, 5) is 26.2. The van der Waals surface area contributed by atoms with Gasteiger partial charge in [-0.15, -0.1) is 0 Å². The molecule has 0 saturated heterocycles. The van der Waals surface area contributed by atoms with Crippen molar-refractivity contribution in [2.75, 3.05) is 14.2 Å². The van der Waals surface area contributed by atoms with Gasteiger partial charge in [0, 0.05) is 11.8 Å². The van der Waals surface area contributed by atoms with Gasteiger partial charge >= 0.3 is 0 Å². The summed E-state index contributed by atoms with van der Waals surface area (Å²) in [6.07, 6.45) is 1.77. The molecule has 0 amide bonds. The highest BCUT2D eigenvalue weighted by Crippen LogP contribution is 2.37. The van der Waals surface area contributed by atoms with Gasteiger partial charge in [-0.25, -0.2) is 9.37 Å². The second-order valence-corrected chi connectivity index (χ2v) is 9.59. The van der Waals surface area contributed by atoms with E-state index >= 15 is 0 Å². The fraction of sp³-hybridized carbons (Fsp3) is 0.103. The van der Waals surface area contributed by atoms with Crippen LogP contribution in [0.3, 0.4) is 0 Å². The average Bonchev–Trinajstić information content (AvgIpc) is 3.64. The molecule has 9 nitrogen and oxygen atoms in total. The predicted octanol–water partition coefficient (Wildman–Crippen LogP) is 5.88. The van der Waals surface area contributed by atoms with E-state index in [-0.39, 0.29) is 11.3 Å². The first kappa shape index (κ1) is 25.4. The highest BCUT2D eigenvalue weighted by Gasteiger charge is 2.20. The fourth-order valence-corrected chi connectivity index (χ4v) is 5.25. The summed E-state index contributed by atoms with van der Waals surface area (Å²) >= 11 is 1.25. The van der Waals surface area contributed by atoms with Crippen molar-refractivity contribution in [1.29, 1.82) is 0 Å². The molecule has 200 valence electrons. The van der Waals surface area contributed by atoms with E-state index in [0.717, 1.165) is 11.1 Å². The lowest BCUT2D eigenvalue weighted by molar-refractivity contribution is 0.355. The lowest BCUT2D eigenvalue weighted by Gasteiger charge is -2.12. The van der Waals surface area contributed by atoms with Crippen molar-refractivity contribution in [3.63, 3.8) is 0 Å². The third kappa shape index (κ3) is 4.60. The largest absolute Gasteiger partial charge is 0.493 e. The molecule has 0 aliphatic heterocycles. The van der Waals surface area contributed by atoms with Gasteiger partial charge in [0.1, 0.15) is 16.9 Å². The first-order valence-electron chi connectivity index (χ1n) is 12.2. The Bertz CT molecular complexity index is 1870. The first-order chi connectivity index (χ1) is 19.6. The molecule has 1 N–H and O–H groups in total. The van der Waals surface area contributed by atoms with E-state index < -0.39 is 5.82 Å². The highest BCUT2D eigenvalue weighted by molar-refractivity contribution is 7.98. The summed E-state index contributed by atoms with van der Waals surface area (Å²) in [6.45, 7) is 0. The van der Waals surface area contributed by atoms with Gasteiger partial charge in [-0.05, 0) is 42.0 Å². The lowest BCUT2D eigenvalue weighted by atomic mass is 10.1. The molecule has 0 radical (unpaired) electrons. The molecular weight excluding hydrogens is 533 g/mol. The molecule has 6 rings (SSSR count). The number of halogens is 1. The van der Waals surface area contributed by atoms with Crippen LogP contribution in [0.4, 0.5) is 4.39 Å². The number of methoxy groups -OCH3 is 2. The van der Waals surface area contributed by atoms with Crippen LogP contribution >= 0.6 is 11.8 Å². The lowest BCUT2D eigenvalue weighted by Crippen LogP contribution is -2.21. The monoisotopic (exact) mass is 555 g/mol. The molecule has 0 unspecified atom stereocenters. The van der Waals surface area contributed by atoms with Gasteiger partial charge < -0.3 is 19.0 Å². The number of hydrogen-bond acceptors (Lipinski definition) is 8. The third-order valence-electron chi connectivity index (χ3n) is 6.27. The number of nitrogens with zero attached hydrogens (tertiary/aromatic N) is 4. The van der Waals surface area contributed by atoms with Gasteiger partial charge in [0.05, 0.1) is 31.2 Å². The number of hydrogen-bond donors (Lipinski definition) is 1. The number of ether oxygens (including phenoxy) is 2. The van der Waals surface area contributed by atoms with Crippen LogP contribution in [0, 0.1) is 5.82 Å². The summed E-state index contributed by atoms with van der Waals surface area (Å²) in [5.41, 5.74) is 3.38. The molecule has 11 heteroatoms. The minimum absolute atomic E-state index is 0.226. The number of nitrogens with one attached hydrogen (secondary N) is 1. The number of H-pyrrole nitrogens is 1. The number of rotatable bonds is 8. The van der Waals surface area contributed by atoms with Crippen molar-refractivity contribution in [2.24, 2.45) is 0 Å². The summed E-state index contributed by atoms with van der Waals surface area (Å²) in [5.74, 6) is 1.51. The van der Waals surface area contributed by atoms with Crippen LogP contribution in [0.2, 0.25) is 0 Å². The van der Waals surface area contributed by atoms with E-state index in [9.17, 15) is 9.18 Å². The zero-order chi connectivity index (χ0) is 27.6. The number of aromatic nitrogens is 5. The zero-order valence-electron chi connectivity index (χ0n) is 21.4. The Labute approximate surface area is 231 Å². The van der Waals surface area contributed by atoms with Crippen molar-refractivity contribution in [2.45, 2.75) is 10.9 Å². The van der Waals surface area contributed by atoms with Crippen molar-refractivity contribution >= 4 is 22.8 Å². The second kappa shape index (κ2) is 10.7. The molecule has 0 fully saturated rings. The van der Waals surface area contributed by atoms with Crippen molar-refractivity contribution in [1.82, 2.24) is 24.7 Å². The van der Waals surface area contributed by atoms with Crippen LogP contribution in [0.15, 0.2) is 93.5 Å². The molecule has 6 aromatic rings. The van der Waals surface area contributed by atoms with Crippen LogP contribution < -0.4 is 15.0 Å². The van der Waals surface area contributed by atoms with Crippen molar-refractivity contribution < 1.29 is 18.4 Å². The average molecular weight is 556 g/mol. The maximum atomic E-state index is 13.7. The van der Waals surface area contributed by atoms with Gasteiger partial charge in [0.15, 0.2) is 16.7 Å². The Morgan fingerprint density at radius 2 is 1.75 bits per heavy atom. The summed E-state index contributed by atoms with van der Waals surface area (Å²) < 4.78 is 31.5. The molecule has 40 heavy (non-hydrogen) atoms. The minimum atomic E-state index is -0.405. The maximum absolute atomic E-state index is 13.7. The van der Waals surface area contributed by atoms with E-state index in [1.165, 1.54) is 40.6 Å². The molecule has 3 aromatic carbocycles. The Hall–Kier alpha value is -4.90.